The van der Waals surface area contributed by atoms with E-state index < -0.39 is 11.5 Å². The van der Waals surface area contributed by atoms with Crippen LogP contribution in [0.2, 0.25) is 5.02 Å². The summed E-state index contributed by atoms with van der Waals surface area (Å²) < 4.78 is 18.1. The van der Waals surface area contributed by atoms with E-state index >= 15 is 0 Å². The molecule has 39 heavy (non-hydrogen) atoms. The Hall–Kier alpha value is -4.89. The van der Waals surface area contributed by atoms with Crippen molar-refractivity contribution in [3.63, 3.8) is 0 Å². The molecular weight excluding hydrogens is 520 g/mol. The fraction of sp³-hybridized carbons (Fsp3) is 0.103. The molecule has 5 rings (SSSR count). The van der Waals surface area contributed by atoms with Gasteiger partial charge < -0.3 is 19.5 Å². The molecule has 196 valence electrons. The van der Waals surface area contributed by atoms with Crippen LogP contribution in [0.4, 0.5) is 5.69 Å². The molecule has 0 bridgehead atoms. The van der Waals surface area contributed by atoms with Crippen LogP contribution in [0.3, 0.4) is 0 Å². The van der Waals surface area contributed by atoms with Gasteiger partial charge in [0.1, 0.15) is 17.1 Å². The molecule has 0 unspecified atom stereocenters. The van der Waals surface area contributed by atoms with Crippen LogP contribution in [-0.2, 0) is 0 Å². The number of fused-ring (bicyclic) bond motifs is 1. The van der Waals surface area contributed by atoms with Crippen LogP contribution in [0, 0.1) is 6.92 Å². The van der Waals surface area contributed by atoms with E-state index in [4.69, 9.17) is 25.8 Å². The number of hydrogen-bond donors (Lipinski definition) is 1. The number of pyridine rings is 1. The van der Waals surface area contributed by atoms with Crippen LogP contribution in [0.1, 0.15) is 16.1 Å². The Labute approximate surface area is 228 Å². The Morgan fingerprint density at radius 2 is 1.67 bits per heavy atom. The van der Waals surface area contributed by atoms with Gasteiger partial charge in [0, 0.05) is 23.7 Å². The molecule has 5 aromatic rings. The van der Waals surface area contributed by atoms with Crippen molar-refractivity contribution in [2.24, 2.45) is 0 Å². The third kappa shape index (κ3) is 5.25. The van der Waals surface area contributed by atoms with E-state index in [0.717, 1.165) is 0 Å². The Morgan fingerprint density at radius 1 is 0.923 bits per heavy atom. The highest BCUT2D eigenvalue weighted by atomic mass is 35.5. The number of halogens is 1. The summed E-state index contributed by atoms with van der Waals surface area (Å²) in [5, 5.41) is 7.92. The summed E-state index contributed by atoms with van der Waals surface area (Å²) in [5.41, 5.74) is 1.44. The van der Waals surface area contributed by atoms with Gasteiger partial charge in [0.2, 0.25) is 0 Å². The Bertz CT molecular complexity index is 1760. The zero-order chi connectivity index (χ0) is 27.5. The molecule has 0 radical (unpaired) electrons. The first kappa shape index (κ1) is 25.7. The van der Waals surface area contributed by atoms with E-state index in [-0.39, 0.29) is 10.6 Å². The van der Waals surface area contributed by atoms with Gasteiger partial charge >= 0.3 is 0 Å². The fourth-order valence-corrected chi connectivity index (χ4v) is 4.26. The van der Waals surface area contributed by atoms with Crippen molar-refractivity contribution in [3.8, 4) is 28.7 Å². The quantitative estimate of drug-likeness (QED) is 0.277. The van der Waals surface area contributed by atoms with Gasteiger partial charge in [-0.05, 0) is 49.4 Å². The summed E-state index contributed by atoms with van der Waals surface area (Å²) in [6, 6.07) is 20.4. The standard InChI is InChI=1S/C29H23ClN4O5/c1-17-13-21(29(36)34(33-17)18-7-5-4-6-8-18)28(35)32-23-10-9-19(14-22(23)30)39-25-11-12-31-24-16-27(38-3)26(37-2)15-20(24)25/h4-16H,1-3H3,(H,32,35). The first-order chi connectivity index (χ1) is 18.9. The molecule has 0 saturated carbocycles. The minimum atomic E-state index is -0.605. The molecule has 0 atom stereocenters. The molecule has 3 aromatic carbocycles. The number of nitrogens with one attached hydrogen (secondary N) is 1. The molecule has 0 aliphatic heterocycles. The van der Waals surface area contributed by atoms with Crippen LogP contribution < -0.4 is 25.1 Å². The van der Waals surface area contributed by atoms with E-state index in [1.165, 1.54) is 10.7 Å². The van der Waals surface area contributed by atoms with Gasteiger partial charge in [-0.15, -0.1) is 0 Å². The number of anilines is 1. The van der Waals surface area contributed by atoms with Crippen molar-refractivity contribution in [1.82, 2.24) is 14.8 Å². The van der Waals surface area contributed by atoms with E-state index in [0.29, 0.717) is 51.0 Å². The second-order valence-corrected chi connectivity index (χ2v) is 8.89. The van der Waals surface area contributed by atoms with Crippen molar-refractivity contribution in [2.45, 2.75) is 6.92 Å². The summed E-state index contributed by atoms with van der Waals surface area (Å²) in [4.78, 5) is 30.5. The zero-order valence-electron chi connectivity index (χ0n) is 21.3. The maximum atomic E-state index is 13.1. The van der Waals surface area contributed by atoms with Crippen molar-refractivity contribution in [2.75, 3.05) is 19.5 Å². The highest BCUT2D eigenvalue weighted by molar-refractivity contribution is 6.34. The number of carbonyl (C=O) groups is 1. The predicted molar refractivity (Wildman–Crippen MR) is 149 cm³/mol. The maximum Gasteiger partial charge on any atom is 0.284 e. The summed E-state index contributed by atoms with van der Waals surface area (Å²) in [5.74, 6) is 1.45. The predicted octanol–water partition coefficient (Wildman–Crippen LogP) is 5.80. The lowest BCUT2D eigenvalue weighted by molar-refractivity contribution is 0.102. The number of carbonyl (C=O) groups excluding carboxylic acids is 1. The Balaban J connectivity index is 1.40. The Morgan fingerprint density at radius 3 is 2.38 bits per heavy atom. The molecule has 1 N–H and O–H groups in total. The maximum absolute atomic E-state index is 13.1. The summed E-state index contributed by atoms with van der Waals surface area (Å²) in [6.07, 6.45) is 1.62. The van der Waals surface area contributed by atoms with E-state index in [9.17, 15) is 9.59 Å². The van der Waals surface area contributed by atoms with E-state index in [1.807, 2.05) is 6.07 Å². The minimum absolute atomic E-state index is 0.0598. The number of amides is 1. The van der Waals surface area contributed by atoms with E-state index in [1.54, 1.807) is 88.0 Å². The number of benzene rings is 3. The number of hydrogen-bond acceptors (Lipinski definition) is 7. The SMILES string of the molecule is COc1cc2nccc(Oc3ccc(NC(=O)c4cc(C)nn(-c5ccccc5)c4=O)c(Cl)c3)c2cc1OC. The van der Waals surface area contributed by atoms with Crippen LogP contribution in [0.25, 0.3) is 16.6 Å². The van der Waals surface area contributed by atoms with Gasteiger partial charge in [0.05, 0.1) is 41.8 Å². The number of para-hydroxylation sites is 1. The summed E-state index contributed by atoms with van der Waals surface area (Å²) in [6.45, 7) is 1.71. The van der Waals surface area contributed by atoms with Crippen LogP contribution in [-0.4, -0.2) is 34.9 Å². The van der Waals surface area contributed by atoms with Gasteiger partial charge in [0.15, 0.2) is 11.5 Å². The van der Waals surface area contributed by atoms with Crippen molar-refractivity contribution < 1.29 is 19.0 Å². The first-order valence-electron chi connectivity index (χ1n) is 11.8. The highest BCUT2D eigenvalue weighted by Gasteiger charge is 2.18. The molecule has 1 amide bonds. The van der Waals surface area contributed by atoms with Crippen molar-refractivity contribution in [1.29, 1.82) is 0 Å². The van der Waals surface area contributed by atoms with Gasteiger partial charge in [-0.25, -0.2) is 0 Å². The second kappa shape index (κ2) is 10.8. The minimum Gasteiger partial charge on any atom is -0.493 e. The van der Waals surface area contributed by atoms with Gasteiger partial charge in [-0.1, -0.05) is 29.8 Å². The number of rotatable bonds is 7. The number of aromatic nitrogens is 3. The summed E-state index contributed by atoms with van der Waals surface area (Å²) in [7, 11) is 3.11. The molecule has 0 fully saturated rings. The molecule has 0 aliphatic rings. The number of nitrogens with zero attached hydrogens (tertiary/aromatic N) is 3. The molecule has 0 spiro atoms. The molecule has 10 heteroatoms. The monoisotopic (exact) mass is 542 g/mol. The summed E-state index contributed by atoms with van der Waals surface area (Å²) >= 11 is 6.49. The molecule has 2 aromatic heterocycles. The number of aryl methyl sites for hydroxylation is 1. The van der Waals surface area contributed by atoms with Crippen molar-refractivity contribution in [3.05, 3.63) is 106 Å². The first-order valence-corrected chi connectivity index (χ1v) is 12.2. The molecule has 2 heterocycles. The van der Waals surface area contributed by atoms with Gasteiger partial charge in [-0.3, -0.25) is 14.6 Å². The average Bonchev–Trinajstić information content (AvgIpc) is 2.95. The van der Waals surface area contributed by atoms with Crippen LogP contribution in [0.15, 0.2) is 83.8 Å². The zero-order valence-corrected chi connectivity index (χ0v) is 22.0. The molecular formula is C29H23ClN4O5. The molecule has 0 aliphatic carbocycles. The van der Waals surface area contributed by atoms with Gasteiger partial charge in [-0.2, -0.15) is 9.78 Å². The largest absolute Gasteiger partial charge is 0.493 e. The third-order valence-electron chi connectivity index (χ3n) is 5.90. The average molecular weight is 543 g/mol. The highest BCUT2D eigenvalue weighted by Crippen LogP contribution is 2.38. The second-order valence-electron chi connectivity index (χ2n) is 8.48. The molecule has 9 nitrogen and oxygen atoms in total. The van der Waals surface area contributed by atoms with Crippen molar-refractivity contribution >= 4 is 34.1 Å². The smallest absolute Gasteiger partial charge is 0.284 e. The lowest BCUT2D eigenvalue weighted by atomic mass is 10.2. The number of methoxy groups -OCH3 is 2. The van der Waals surface area contributed by atoms with Crippen LogP contribution in [0.5, 0.6) is 23.0 Å². The normalized spacial score (nSPS) is 10.8. The number of ether oxygens (including phenoxy) is 3. The third-order valence-corrected chi connectivity index (χ3v) is 6.22. The fourth-order valence-electron chi connectivity index (χ4n) is 4.04. The Kier molecular flexibility index (Phi) is 7.16. The lowest BCUT2D eigenvalue weighted by Crippen LogP contribution is -2.30. The topological polar surface area (TPSA) is 105 Å². The van der Waals surface area contributed by atoms with Crippen LogP contribution >= 0.6 is 11.6 Å². The van der Waals surface area contributed by atoms with E-state index in [2.05, 4.69) is 15.4 Å². The lowest BCUT2D eigenvalue weighted by Gasteiger charge is -2.13. The molecule has 0 saturated heterocycles. The van der Waals surface area contributed by atoms with Gasteiger partial charge in [0.25, 0.3) is 11.5 Å².